The van der Waals surface area contributed by atoms with E-state index in [1.807, 2.05) is 6.07 Å². The quantitative estimate of drug-likeness (QED) is 0.383. The van der Waals surface area contributed by atoms with Crippen LogP contribution in [0.15, 0.2) is 54.6 Å². The number of carbonyl (C=O) groups is 2. The van der Waals surface area contributed by atoms with E-state index in [1.54, 1.807) is 48.5 Å². The molecule has 2 aromatic rings. The second-order valence-corrected chi connectivity index (χ2v) is 3.87. The minimum atomic E-state index is -1.36. The number of rotatable bonds is 2. The third kappa shape index (κ3) is 5.41. The van der Waals surface area contributed by atoms with Crippen molar-refractivity contribution in [2.75, 3.05) is 5.73 Å². The summed E-state index contributed by atoms with van der Waals surface area (Å²) < 4.78 is 5.16. The molecule has 104 valence electrons. The summed E-state index contributed by atoms with van der Waals surface area (Å²) in [6, 6.07) is 15.7. The van der Waals surface area contributed by atoms with Gasteiger partial charge in [0, 0.05) is 17.3 Å². The molecular formula is C14H12ClNO4. The molecule has 0 fully saturated rings. The molecule has 0 aliphatic carbocycles. The van der Waals surface area contributed by atoms with Crippen LogP contribution in [0.2, 0.25) is 0 Å². The Bertz CT molecular complexity index is 583. The smallest absolute Gasteiger partial charge is 0.401 e. The zero-order valence-corrected chi connectivity index (χ0v) is 11.1. The first kappa shape index (κ1) is 15.5. The minimum Gasteiger partial charge on any atom is -0.469 e. The number of benzene rings is 2. The lowest BCUT2D eigenvalue weighted by Gasteiger charge is -2.05. The summed E-state index contributed by atoms with van der Waals surface area (Å²) in [6.07, 6.45) is 0. The minimum absolute atomic E-state index is 0.381. The Kier molecular flexibility index (Phi) is 6.06. The largest absolute Gasteiger partial charge is 0.469 e. The van der Waals surface area contributed by atoms with Crippen LogP contribution in [-0.2, 0) is 0 Å². The van der Waals surface area contributed by atoms with E-state index in [1.165, 1.54) is 0 Å². The van der Waals surface area contributed by atoms with Crippen molar-refractivity contribution in [3.63, 3.8) is 0 Å². The lowest BCUT2D eigenvalue weighted by molar-refractivity contribution is 0.0736. The molecule has 0 radical (unpaired) electrons. The fraction of sp³-hybridized carbons (Fsp3) is 0. The van der Waals surface area contributed by atoms with E-state index in [2.05, 4.69) is 11.6 Å². The Hall–Kier alpha value is -2.53. The van der Waals surface area contributed by atoms with E-state index in [0.717, 1.165) is 0 Å². The molecule has 0 saturated heterocycles. The summed E-state index contributed by atoms with van der Waals surface area (Å²) in [7, 11) is 0. The molecule has 0 amide bonds. The van der Waals surface area contributed by atoms with Gasteiger partial charge >= 0.3 is 11.4 Å². The van der Waals surface area contributed by atoms with Crippen molar-refractivity contribution >= 4 is 28.7 Å². The fourth-order valence-corrected chi connectivity index (χ4v) is 1.33. The summed E-state index contributed by atoms with van der Waals surface area (Å²) in [4.78, 5) is 20.5. The summed E-state index contributed by atoms with van der Waals surface area (Å²) in [5.41, 5.74) is 5.11. The first-order valence-corrected chi connectivity index (χ1v) is 5.88. The van der Waals surface area contributed by atoms with Gasteiger partial charge in [-0.1, -0.05) is 30.3 Å². The number of ether oxygens (including phenoxy) is 1. The maximum atomic E-state index is 11.7. The van der Waals surface area contributed by atoms with Crippen LogP contribution < -0.4 is 10.5 Å². The zero-order valence-electron chi connectivity index (χ0n) is 10.3. The van der Waals surface area contributed by atoms with Crippen LogP contribution in [-0.4, -0.2) is 16.5 Å². The van der Waals surface area contributed by atoms with Crippen molar-refractivity contribution in [1.29, 1.82) is 0 Å². The number of nitrogen functional groups attached to an aromatic ring is 1. The Morgan fingerprint density at radius 2 is 1.50 bits per heavy atom. The van der Waals surface area contributed by atoms with Gasteiger partial charge in [-0.2, -0.15) is 0 Å². The van der Waals surface area contributed by atoms with E-state index in [0.29, 0.717) is 17.0 Å². The highest BCUT2D eigenvalue weighted by Gasteiger charge is 2.10. The molecule has 0 aliphatic heterocycles. The molecular weight excluding hydrogens is 282 g/mol. The number of hydrogen-bond acceptors (Lipinski definition) is 4. The van der Waals surface area contributed by atoms with Crippen LogP contribution >= 0.6 is 11.6 Å². The van der Waals surface area contributed by atoms with Gasteiger partial charge in [0.25, 0.3) is 0 Å². The maximum Gasteiger partial charge on any atom is 0.401 e. The average molecular weight is 294 g/mol. The van der Waals surface area contributed by atoms with Crippen molar-refractivity contribution in [1.82, 2.24) is 0 Å². The highest BCUT2D eigenvalue weighted by atomic mass is 35.5. The molecule has 5 nitrogen and oxygen atoms in total. The summed E-state index contributed by atoms with van der Waals surface area (Å²) >= 11 is 4.19. The van der Waals surface area contributed by atoms with Gasteiger partial charge < -0.3 is 15.6 Å². The number of para-hydroxylation sites is 2. The number of nitrogens with two attached hydrogens (primary N) is 1. The molecule has 2 rings (SSSR count). The van der Waals surface area contributed by atoms with E-state index < -0.39 is 11.4 Å². The van der Waals surface area contributed by atoms with Crippen molar-refractivity contribution in [3.8, 4) is 5.75 Å². The molecule has 0 atom stereocenters. The molecule has 6 heteroatoms. The topological polar surface area (TPSA) is 89.6 Å². The predicted octanol–water partition coefficient (Wildman–Crippen LogP) is 3.39. The Labute approximate surface area is 120 Å². The van der Waals surface area contributed by atoms with Crippen molar-refractivity contribution in [3.05, 3.63) is 60.2 Å². The third-order valence-corrected chi connectivity index (χ3v) is 2.13. The highest BCUT2D eigenvalue weighted by molar-refractivity contribution is 6.60. The lowest BCUT2D eigenvalue weighted by atomic mass is 10.2. The molecule has 0 bridgehead atoms. The molecule has 0 saturated carbocycles. The van der Waals surface area contributed by atoms with Crippen LogP contribution in [0, 0.1) is 0 Å². The molecule has 0 aliphatic rings. The Morgan fingerprint density at radius 1 is 1.00 bits per heavy atom. The average Bonchev–Trinajstić information content (AvgIpc) is 2.39. The Balaban J connectivity index is 0.000000444. The van der Waals surface area contributed by atoms with E-state index in [4.69, 9.17) is 20.4 Å². The van der Waals surface area contributed by atoms with Gasteiger partial charge in [-0.3, -0.25) is 0 Å². The van der Waals surface area contributed by atoms with Gasteiger partial charge in [0.15, 0.2) is 0 Å². The first-order chi connectivity index (χ1) is 9.50. The van der Waals surface area contributed by atoms with Gasteiger partial charge in [0.05, 0.1) is 5.56 Å². The summed E-state index contributed by atoms with van der Waals surface area (Å²) in [5, 5.41) is 7.18. The Morgan fingerprint density at radius 3 is 2.05 bits per heavy atom. The van der Waals surface area contributed by atoms with Crippen LogP contribution in [0.3, 0.4) is 0 Å². The standard InChI is InChI=1S/C13H11NO2.CHClO2/c14-12-9-5-4-8-11(12)13(15)16-10-6-2-1-3-7-10;2-1(3)4/h1-9H,14H2;(H,3,4). The summed E-state index contributed by atoms with van der Waals surface area (Å²) in [6.45, 7) is 0. The van der Waals surface area contributed by atoms with E-state index in [9.17, 15) is 4.79 Å². The molecule has 20 heavy (non-hydrogen) atoms. The normalized spacial score (nSPS) is 9.05. The highest BCUT2D eigenvalue weighted by Crippen LogP contribution is 2.15. The molecule has 0 unspecified atom stereocenters. The fourth-order valence-electron chi connectivity index (χ4n) is 1.33. The number of carbonyl (C=O) groups excluding carboxylic acids is 1. The van der Waals surface area contributed by atoms with Crippen molar-refractivity contribution in [2.24, 2.45) is 0 Å². The monoisotopic (exact) mass is 293 g/mol. The predicted molar refractivity (Wildman–Crippen MR) is 76.1 cm³/mol. The van der Waals surface area contributed by atoms with E-state index >= 15 is 0 Å². The molecule has 2 aromatic carbocycles. The number of carboxylic acid groups (broad SMARTS) is 1. The van der Waals surface area contributed by atoms with Crippen LogP contribution in [0.25, 0.3) is 0 Å². The second-order valence-electron chi connectivity index (χ2n) is 3.54. The summed E-state index contributed by atoms with van der Waals surface area (Å²) in [5.74, 6) is 0.0695. The van der Waals surface area contributed by atoms with Crippen LogP contribution in [0.1, 0.15) is 10.4 Å². The number of halogens is 1. The third-order valence-electron chi connectivity index (χ3n) is 2.13. The van der Waals surface area contributed by atoms with Crippen molar-refractivity contribution < 1.29 is 19.4 Å². The molecule has 3 N–H and O–H groups in total. The van der Waals surface area contributed by atoms with Crippen molar-refractivity contribution in [2.45, 2.75) is 0 Å². The zero-order chi connectivity index (χ0) is 15.0. The van der Waals surface area contributed by atoms with Gasteiger partial charge in [-0.05, 0) is 24.3 Å². The SMILES string of the molecule is Nc1ccccc1C(=O)Oc1ccccc1.O=C(O)Cl. The maximum absolute atomic E-state index is 11.7. The second kappa shape index (κ2) is 7.81. The van der Waals surface area contributed by atoms with Gasteiger partial charge in [-0.15, -0.1) is 0 Å². The molecule has 0 heterocycles. The van der Waals surface area contributed by atoms with E-state index in [-0.39, 0.29) is 0 Å². The van der Waals surface area contributed by atoms with Crippen LogP contribution in [0.5, 0.6) is 5.75 Å². The lowest BCUT2D eigenvalue weighted by Crippen LogP contribution is -2.10. The number of anilines is 1. The van der Waals surface area contributed by atoms with Gasteiger partial charge in [0.2, 0.25) is 0 Å². The molecule has 0 aromatic heterocycles. The first-order valence-electron chi connectivity index (χ1n) is 5.51. The van der Waals surface area contributed by atoms with Gasteiger partial charge in [0.1, 0.15) is 5.75 Å². The number of hydrogen-bond donors (Lipinski definition) is 2. The molecule has 0 spiro atoms. The number of esters is 1. The van der Waals surface area contributed by atoms with Crippen LogP contribution in [0.4, 0.5) is 10.5 Å². The van der Waals surface area contributed by atoms with Gasteiger partial charge in [-0.25, -0.2) is 9.59 Å².